The number of nitrogens with zero attached hydrogens (tertiary/aromatic N) is 2. The summed E-state index contributed by atoms with van der Waals surface area (Å²) in [7, 11) is -9.53. The molecule has 0 spiro atoms. The number of hydrogen-bond acceptors (Lipinski definition) is 8. The van der Waals surface area contributed by atoms with Gasteiger partial charge < -0.3 is 10.8 Å². The van der Waals surface area contributed by atoms with Gasteiger partial charge in [-0.2, -0.15) is 21.9 Å². The zero-order valence-electron chi connectivity index (χ0n) is 13.9. The Labute approximate surface area is 244 Å². The van der Waals surface area contributed by atoms with Crippen molar-refractivity contribution < 1.29 is 31.0 Å². The Morgan fingerprint density at radius 2 is 1.39 bits per heavy atom. The van der Waals surface area contributed by atoms with Crippen LogP contribution >= 0.6 is 0 Å². The van der Waals surface area contributed by atoms with Crippen LogP contribution in [0.5, 0.6) is 5.75 Å². The number of fused-ring (bicyclic) bond motifs is 1. The average molecular weight is 495 g/mol. The molecule has 0 bridgehead atoms. The molecule has 31 heavy (non-hydrogen) atoms. The number of anilines is 1. The Kier molecular flexibility index (Phi) is 11.9. The second kappa shape index (κ2) is 11.9. The summed E-state index contributed by atoms with van der Waals surface area (Å²) in [4.78, 5) is -1.43. The van der Waals surface area contributed by atoms with Crippen molar-refractivity contribution in [3.63, 3.8) is 0 Å². The predicted octanol–water partition coefficient (Wildman–Crippen LogP) is 1.09. The number of hydrogen-bond donors (Lipinski definition) is 4. The third kappa shape index (κ3) is 7.21. The normalized spacial score (nSPS) is 11.4. The molecule has 0 aliphatic heterocycles. The van der Waals surface area contributed by atoms with E-state index in [1.165, 1.54) is 0 Å². The minimum absolute atomic E-state index is 0. The number of nitrogens with two attached hydrogens (primary N) is 1. The number of benzene rings is 3. The minimum atomic E-state index is -4.88. The van der Waals surface area contributed by atoms with E-state index in [1.807, 2.05) is 0 Å². The van der Waals surface area contributed by atoms with E-state index in [2.05, 4.69) is 10.2 Å². The summed E-state index contributed by atoms with van der Waals surface area (Å²) in [6, 6.07) is 10.8. The number of aromatic hydroxyl groups is 1. The van der Waals surface area contributed by atoms with Gasteiger partial charge >= 0.3 is 88.7 Å². The molecular weight excluding hydrogens is 479 g/mol. The number of nitrogen functional groups attached to an aromatic ring is 1. The second-order valence-corrected chi connectivity index (χ2v) is 8.48. The zero-order chi connectivity index (χ0) is 20.7. The summed E-state index contributed by atoms with van der Waals surface area (Å²) >= 11 is 0. The molecule has 3 aromatic carbocycles. The first-order valence-electron chi connectivity index (χ1n) is 7.49. The quantitative estimate of drug-likeness (QED) is 0.180. The molecule has 0 saturated carbocycles. The van der Waals surface area contributed by atoms with E-state index in [9.17, 15) is 31.0 Å². The molecule has 0 heterocycles. The fraction of sp³-hybridized carbons (Fsp3) is 0. The van der Waals surface area contributed by atoms with Crippen LogP contribution in [0.2, 0.25) is 0 Å². The molecule has 3 aromatic rings. The maximum absolute atomic E-state index is 11.8. The van der Waals surface area contributed by atoms with Crippen LogP contribution in [0, 0.1) is 0 Å². The molecule has 0 aliphatic carbocycles. The zero-order valence-corrected chi connectivity index (χ0v) is 15.5. The average Bonchev–Trinajstić information content (AvgIpc) is 2.59. The van der Waals surface area contributed by atoms with Crippen molar-refractivity contribution >= 4 is 137 Å². The second-order valence-electron chi connectivity index (χ2n) is 5.67. The van der Waals surface area contributed by atoms with E-state index in [-0.39, 0.29) is 105 Å². The first kappa shape index (κ1) is 30.9. The van der Waals surface area contributed by atoms with E-state index in [1.54, 1.807) is 30.3 Å². The van der Waals surface area contributed by atoms with Gasteiger partial charge in [0, 0.05) is 11.1 Å². The third-order valence-corrected chi connectivity index (χ3v) is 5.45. The Morgan fingerprint density at radius 1 is 0.806 bits per heavy atom. The van der Waals surface area contributed by atoms with Crippen molar-refractivity contribution in [3.8, 4) is 5.75 Å². The van der Waals surface area contributed by atoms with Gasteiger partial charge in [-0.15, -0.1) is 5.11 Å². The third-order valence-electron chi connectivity index (χ3n) is 3.75. The van der Waals surface area contributed by atoms with Gasteiger partial charge in [0.15, 0.2) is 5.75 Å². The van der Waals surface area contributed by atoms with Crippen molar-refractivity contribution in [2.45, 2.75) is 9.79 Å². The molecule has 0 saturated heterocycles. The van der Waals surface area contributed by atoms with Gasteiger partial charge in [-0.05, 0) is 35.7 Å². The van der Waals surface area contributed by atoms with Gasteiger partial charge in [0.25, 0.3) is 20.2 Å². The Hall–Kier alpha value is -0.0600. The van der Waals surface area contributed by atoms with Crippen LogP contribution in [-0.2, 0) is 20.2 Å². The molecule has 152 valence electrons. The summed E-state index contributed by atoms with van der Waals surface area (Å²) in [6.45, 7) is 0. The van der Waals surface area contributed by atoms with Crippen LogP contribution in [0.1, 0.15) is 0 Å². The van der Waals surface area contributed by atoms with Crippen LogP contribution < -0.4 is 5.73 Å². The molecule has 0 unspecified atom stereocenters. The van der Waals surface area contributed by atoms with Crippen molar-refractivity contribution in [1.29, 1.82) is 0 Å². The fourth-order valence-corrected chi connectivity index (χ4v) is 3.75. The molecule has 0 radical (unpaired) electrons. The van der Waals surface area contributed by atoms with E-state index < -0.39 is 41.5 Å². The molecule has 0 atom stereocenters. The van der Waals surface area contributed by atoms with Crippen molar-refractivity contribution in [2.24, 2.45) is 10.2 Å². The van der Waals surface area contributed by atoms with E-state index in [0.717, 1.165) is 18.2 Å². The van der Waals surface area contributed by atoms with Crippen LogP contribution in [0.3, 0.4) is 0 Å². The summed E-state index contributed by atoms with van der Waals surface area (Å²) < 4.78 is 65.0. The first-order chi connectivity index (χ1) is 13.0. The predicted molar refractivity (Wildman–Crippen MR) is 122 cm³/mol. The molecule has 10 nitrogen and oxygen atoms in total. The topological polar surface area (TPSA) is 180 Å². The van der Waals surface area contributed by atoms with Gasteiger partial charge in [-0.25, -0.2) is 0 Å². The van der Waals surface area contributed by atoms with Gasteiger partial charge in [0.1, 0.15) is 10.6 Å². The molecule has 0 fully saturated rings. The van der Waals surface area contributed by atoms with Crippen LogP contribution in [0.4, 0.5) is 17.1 Å². The molecule has 3 rings (SSSR count). The molecule has 0 aromatic heterocycles. The van der Waals surface area contributed by atoms with Crippen molar-refractivity contribution in [3.05, 3.63) is 48.5 Å². The summed E-state index contributed by atoms with van der Waals surface area (Å²) in [5.41, 5.74) is 5.27. The van der Waals surface area contributed by atoms with Gasteiger partial charge in [-0.1, -0.05) is 18.2 Å². The molecular formula is C16H16N3Na3O7S2. The number of phenolic OH excluding ortho intramolecular Hbond substituents is 1. The van der Waals surface area contributed by atoms with E-state index in [0.29, 0.717) is 5.69 Å². The van der Waals surface area contributed by atoms with Crippen molar-refractivity contribution in [1.82, 2.24) is 0 Å². The molecule has 15 heteroatoms. The van der Waals surface area contributed by atoms with Crippen LogP contribution in [-0.4, -0.2) is 120 Å². The number of rotatable bonds is 4. The molecule has 5 N–H and O–H groups in total. The maximum atomic E-state index is 11.8. The van der Waals surface area contributed by atoms with Crippen LogP contribution in [0.15, 0.2) is 68.6 Å². The summed E-state index contributed by atoms with van der Waals surface area (Å²) in [6.07, 6.45) is 0. The van der Waals surface area contributed by atoms with Crippen LogP contribution in [0.25, 0.3) is 10.8 Å². The monoisotopic (exact) mass is 495 g/mol. The summed E-state index contributed by atoms with van der Waals surface area (Å²) in [5, 5.41) is 17.8. The van der Waals surface area contributed by atoms with Gasteiger partial charge in [-0.3, -0.25) is 9.11 Å². The Balaban J connectivity index is 0.00000300. The van der Waals surface area contributed by atoms with Gasteiger partial charge in [0.2, 0.25) is 0 Å². The molecule has 0 amide bonds. The van der Waals surface area contributed by atoms with E-state index >= 15 is 0 Å². The van der Waals surface area contributed by atoms with Crippen molar-refractivity contribution in [2.75, 3.05) is 5.73 Å². The Bertz CT molecular complexity index is 1330. The number of azo groups is 1. The Morgan fingerprint density at radius 3 is 1.90 bits per heavy atom. The van der Waals surface area contributed by atoms with Gasteiger partial charge in [0.05, 0.1) is 10.6 Å². The SMILES string of the molecule is Nc1cc(S(=O)(=O)O)cc2cc(S(=O)(=O)O)c(N=Nc3ccccc3)c(O)c12.[NaH].[NaH].[NaH]. The first-order valence-corrected chi connectivity index (χ1v) is 10.4. The summed E-state index contributed by atoms with van der Waals surface area (Å²) in [5.74, 6) is -0.732. The molecule has 0 aliphatic rings. The fourth-order valence-electron chi connectivity index (χ4n) is 2.54. The van der Waals surface area contributed by atoms with E-state index in [4.69, 9.17) is 5.73 Å². The number of phenols is 1. The standard InChI is InChI=1S/C16H13N3O7S2.3Na.3H/c17-12-8-11(27(21,22)23)6-9-7-13(28(24,25)26)15(16(20)14(9)12)19-18-10-4-2-1-3-5-10;;;;;;/h1-8,20H,17H2,(H,21,22,23)(H,24,25,26);;;;;;.